The van der Waals surface area contributed by atoms with Crippen molar-refractivity contribution in [3.63, 3.8) is 0 Å². The molecule has 3 nitrogen and oxygen atoms in total. The molecule has 0 aromatic carbocycles. The van der Waals surface area contributed by atoms with Crippen LogP contribution in [0.4, 0.5) is 0 Å². The van der Waals surface area contributed by atoms with Gasteiger partial charge in [0.25, 0.3) is 0 Å². The van der Waals surface area contributed by atoms with Crippen molar-refractivity contribution in [1.82, 2.24) is 0 Å². The molecule has 0 unspecified atom stereocenters. The van der Waals surface area contributed by atoms with Gasteiger partial charge < -0.3 is 11.8 Å². The van der Waals surface area contributed by atoms with Crippen LogP contribution in [0.2, 0.25) is 0 Å². The van der Waals surface area contributed by atoms with Gasteiger partial charge in [-0.1, -0.05) is 5.59 Å². The van der Waals surface area contributed by atoms with E-state index in [-0.39, 0.29) is 38.8 Å². The first-order valence-corrected chi connectivity index (χ1v) is 0.428. The maximum absolute atomic E-state index is 7.50. The molecular weight excluding hydrogens is 160 g/mol. The first kappa shape index (κ1) is 33.2. The Labute approximate surface area is 61.2 Å². The second kappa shape index (κ2) is 949. The minimum atomic E-state index is 0. The first-order valence-electron chi connectivity index (χ1n) is 0.428. The molecule has 0 rings (SSSR count). The number of hydrogen-bond donors (Lipinski definition) is 1. The van der Waals surface area contributed by atoms with Crippen molar-refractivity contribution in [3.05, 3.63) is 11.5 Å². The molecule has 1 N–H and O–H groups in total. The third-order valence-electron chi connectivity index (χ3n) is 0. The van der Waals surface area contributed by atoms with Crippen LogP contribution in [0, 0.1) is 22.3 Å². The van der Waals surface area contributed by atoms with E-state index in [4.69, 9.17) is 16.7 Å². The summed E-state index contributed by atoms with van der Waals surface area (Å²) >= 11 is 0. The predicted molar refractivity (Wildman–Crippen MR) is 11.1 cm³/mol. The van der Waals surface area contributed by atoms with Gasteiger partial charge in [-0.15, -0.1) is 0 Å². The fourth-order valence-corrected chi connectivity index (χ4v) is 0. The van der Waals surface area contributed by atoms with Gasteiger partial charge in [0.05, 0.1) is 0 Å². The standard InChI is InChI=1S/CN.Fe.HNO.Ti/c1-2;;1-2;/h;;1H;/q-1;;;. The molecule has 0 bridgehead atoms. The molecule has 0 spiro atoms. The quantitative estimate of drug-likeness (QED) is 0.317. The van der Waals surface area contributed by atoms with Crippen molar-refractivity contribution in [2.24, 2.45) is 0 Å². The molecule has 0 radical (unpaired) electrons. The summed E-state index contributed by atoms with van der Waals surface area (Å²) in [7, 11) is 0. The smallest absolute Gasteiger partial charge is 0 e. The Balaban J connectivity index is -0.00000000500. The zero-order chi connectivity index (χ0) is 4.00. The number of nitroso groups, excluding NO2 is 1. The average Bonchev–Trinajstić information content (AvgIpc) is 1.50. The SMILES string of the molecule is N=O.[C-]#N.[Fe].[Ti]. The molecule has 0 aromatic rings. The molecule has 0 aliphatic heterocycles. The monoisotopic (exact) mass is 161 g/mol. The van der Waals surface area contributed by atoms with Gasteiger partial charge in [-0.2, -0.15) is 4.91 Å². The van der Waals surface area contributed by atoms with Crippen molar-refractivity contribution in [1.29, 1.82) is 10.9 Å². The van der Waals surface area contributed by atoms with Gasteiger partial charge in [-0.3, -0.25) is 0 Å². The summed E-state index contributed by atoms with van der Waals surface area (Å²) in [6.45, 7) is 4.75. The van der Waals surface area contributed by atoms with E-state index >= 15 is 0 Å². The zero-order valence-electron chi connectivity index (χ0n) is 2.71. The molecule has 5 heteroatoms. The predicted octanol–water partition coefficient (Wildman–Crippen LogP) is 0.423. The molecular formula is CHFeN2OTi-. The van der Waals surface area contributed by atoms with Gasteiger partial charge in [-0.05, 0) is 0 Å². The molecule has 0 saturated carbocycles. The van der Waals surface area contributed by atoms with Crippen LogP contribution in [-0.2, 0) is 38.8 Å². The molecule has 0 aromatic heterocycles. The fraction of sp³-hybridized carbons (Fsp3) is 0. The Kier molecular flexibility index (Phi) is 5250. The van der Waals surface area contributed by atoms with E-state index in [1.165, 1.54) is 0 Å². The second-order valence-electron chi connectivity index (χ2n) is 0. The largest absolute Gasteiger partial charge is 0.512 e. The van der Waals surface area contributed by atoms with Crippen LogP contribution in [0.1, 0.15) is 0 Å². The van der Waals surface area contributed by atoms with Crippen LogP contribution in [0.3, 0.4) is 0 Å². The number of rotatable bonds is 0. The van der Waals surface area contributed by atoms with Gasteiger partial charge >= 0.3 is 0 Å². The van der Waals surface area contributed by atoms with Gasteiger partial charge in [0.2, 0.25) is 0 Å². The average molecular weight is 161 g/mol. The van der Waals surface area contributed by atoms with Crippen LogP contribution in [0.5, 0.6) is 0 Å². The molecule has 0 heterocycles. The van der Waals surface area contributed by atoms with Crippen molar-refractivity contribution in [2.75, 3.05) is 0 Å². The molecule has 0 fully saturated rings. The maximum Gasteiger partial charge on any atom is 0 e. The summed E-state index contributed by atoms with van der Waals surface area (Å²) in [4.78, 5) is 7.50. The van der Waals surface area contributed by atoms with Crippen LogP contribution in [0.25, 0.3) is 0 Å². The van der Waals surface area contributed by atoms with Gasteiger partial charge in [0, 0.05) is 38.8 Å². The Morgan fingerprint density at radius 3 is 1.33 bits per heavy atom. The van der Waals surface area contributed by atoms with Gasteiger partial charge in [0.1, 0.15) is 0 Å². The zero-order valence-corrected chi connectivity index (χ0v) is 5.37. The van der Waals surface area contributed by atoms with E-state index in [9.17, 15) is 0 Å². The van der Waals surface area contributed by atoms with Crippen molar-refractivity contribution >= 4 is 0 Å². The van der Waals surface area contributed by atoms with E-state index in [2.05, 4.69) is 5.59 Å². The molecule has 0 aliphatic carbocycles. The fourth-order valence-electron chi connectivity index (χ4n) is 0. The topological polar surface area (TPSA) is 64.7 Å². The van der Waals surface area contributed by atoms with Crippen molar-refractivity contribution < 1.29 is 38.8 Å². The van der Waals surface area contributed by atoms with Gasteiger partial charge in [-0.25, -0.2) is 0 Å². The Morgan fingerprint density at radius 1 is 1.33 bits per heavy atom. The van der Waals surface area contributed by atoms with Crippen LogP contribution >= 0.6 is 0 Å². The summed E-state index contributed by atoms with van der Waals surface area (Å²) in [5, 5.41) is 6.25. The van der Waals surface area contributed by atoms with Crippen LogP contribution in [0.15, 0.2) is 0 Å². The van der Waals surface area contributed by atoms with E-state index in [1.807, 2.05) is 0 Å². The molecule has 0 aliphatic rings. The number of nitrogens with zero attached hydrogens (tertiary/aromatic N) is 1. The van der Waals surface area contributed by atoms with Gasteiger partial charge in [0.15, 0.2) is 0 Å². The Morgan fingerprint density at radius 2 is 1.33 bits per heavy atom. The van der Waals surface area contributed by atoms with E-state index in [1.54, 1.807) is 0 Å². The molecule has 0 saturated heterocycles. The Bertz CT molecular complexity index is 24.8. The normalized spacial score (nSPS) is 1.00. The Hall–Kier alpha value is 0.324. The molecule has 34 valence electrons. The second-order valence-corrected chi connectivity index (χ2v) is 0. The minimum Gasteiger partial charge on any atom is -0.512 e. The van der Waals surface area contributed by atoms with Crippen LogP contribution < -0.4 is 0 Å². The van der Waals surface area contributed by atoms with E-state index in [0.717, 1.165) is 0 Å². The third-order valence-corrected chi connectivity index (χ3v) is 0. The third kappa shape index (κ3) is 456. The molecule has 6 heavy (non-hydrogen) atoms. The van der Waals surface area contributed by atoms with Crippen molar-refractivity contribution in [3.8, 4) is 0 Å². The number of hydrogen-bond acceptors (Lipinski definition) is 3. The van der Waals surface area contributed by atoms with Crippen LogP contribution in [-0.4, -0.2) is 0 Å². The van der Waals surface area contributed by atoms with E-state index < -0.39 is 0 Å². The molecule has 0 atom stereocenters. The van der Waals surface area contributed by atoms with Crippen molar-refractivity contribution in [2.45, 2.75) is 0 Å². The molecule has 0 amide bonds. The van der Waals surface area contributed by atoms with E-state index in [0.29, 0.717) is 0 Å². The summed E-state index contributed by atoms with van der Waals surface area (Å²) in [6, 6.07) is 0. The number of nitrogens with one attached hydrogen (secondary N) is 1. The maximum atomic E-state index is 7.50. The first-order chi connectivity index (χ1) is 2.00. The summed E-state index contributed by atoms with van der Waals surface area (Å²) in [5.41, 5.74) is 4.50. The minimum absolute atomic E-state index is 0. The summed E-state index contributed by atoms with van der Waals surface area (Å²) < 4.78 is 0. The summed E-state index contributed by atoms with van der Waals surface area (Å²) in [5.74, 6) is 0. The summed E-state index contributed by atoms with van der Waals surface area (Å²) in [6.07, 6.45) is 0.